The number of benzene rings is 3. The standard InChI is InChI=1S/C34H33Cl2F3N4O5/c1-45-33(34(37,38)39,24-5-3-2-4-6-24)31(44)43-17-15-42(16-18-43)26-8-10-27(11-9-26)46-20-28-21-47-32(48-28,22-41-14-13-40-23-41)29-12-7-25(35)19-30(29)36/h2-14,19,23,28H,15-18,20-22H2,1H3/t28-,32-,33+/m0/s1. The van der Waals surface area contributed by atoms with Crippen LogP contribution in [-0.2, 0) is 36.9 Å². The van der Waals surface area contributed by atoms with E-state index in [1.54, 1.807) is 36.8 Å². The summed E-state index contributed by atoms with van der Waals surface area (Å²) in [4.78, 5) is 20.7. The minimum Gasteiger partial charge on any atom is -0.491 e. The summed E-state index contributed by atoms with van der Waals surface area (Å²) in [7, 11) is 0.914. The van der Waals surface area contributed by atoms with Crippen molar-refractivity contribution in [1.82, 2.24) is 14.5 Å². The minimum absolute atomic E-state index is 0.0998. The predicted molar refractivity (Wildman–Crippen MR) is 173 cm³/mol. The lowest BCUT2D eigenvalue weighted by molar-refractivity contribution is -0.270. The summed E-state index contributed by atoms with van der Waals surface area (Å²) in [6, 6.07) is 19.5. The van der Waals surface area contributed by atoms with Crippen molar-refractivity contribution < 1.29 is 36.9 Å². The van der Waals surface area contributed by atoms with Crippen LogP contribution in [0.5, 0.6) is 5.75 Å². The molecule has 0 bridgehead atoms. The van der Waals surface area contributed by atoms with Crippen molar-refractivity contribution in [2.75, 3.05) is 51.4 Å². The highest BCUT2D eigenvalue weighted by atomic mass is 35.5. The molecule has 2 fully saturated rings. The number of anilines is 1. The lowest BCUT2D eigenvalue weighted by Crippen LogP contribution is -2.60. The van der Waals surface area contributed by atoms with Crippen molar-refractivity contribution in [1.29, 1.82) is 0 Å². The zero-order valence-corrected chi connectivity index (χ0v) is 27.4. The van der Waals surface area contributed by atoms with Crippen LogP contribution >= 0.6 is 23.2 Å². The fourth-order valence-electron chi connectivity index (χ4n) is 6.11. The first-order valence-electron chi connectivity index (χ1n) is 15.2. The number of carbonyl (C=O) groups is 1. The zero-order valence-electron chi connectivity index (χ0n) is 25.9. The maximum absolute atomic E-state index is 14.4. The monoisotopic (exact) mass is 704 g/mol. The maximum Gasteiger partial charge on any atom is 0.430 e. The second-order valence-corrected chi connectivity index (χ2v) is 12.3. The van der Waals surface area contributed by atoms with E-state index in [2.05, 4.69) is 4.98 Å². The van der Waals surface area contributed by atoms with E-state index in [-0.39, 0.29) is 31.9 Å². The third-order valence-electron chi connectivity index (χ3n) is 8.54. The van der Waals surface area contributed by atoms with Crippen LogP contribution in [0.4, 0.5) is 18.9 Å². The second-order valence-electron chi connectivity index (χ2n) is 11.5. The van der Waals surface area contributed by atoms with Gasteiger partial charge in [0, 0.05) is 67.5 Å². The van der Waals surface area contributed by atoms with Crippen LogP contribution in [0.2, 0.25) is 10.0 Å². The van der Waals surface area contributed by atoms with Crippen LogP contribution in [0, 0.1) is 0 Å². The quantitative estimate of drug-likeness (QED) is 0.192. The number of ether oxygens (including phenoxy) is 4. The fourth-order valence-corrected chi connectivity index (χ4v) is 6.66. The Morgan fingerprint density at radius 3 is 2.38 bits per heavy atom. The first kappa shape index (κ1) is 34.1. The van der Waals surface area contributed by atoms with Crippen molar-refractivity contribution in [2.24, 2.45) is 0 Å². The normalized spacial score (nSPS) is 21.2. The number of methoxy groups -OCH3 is 1. The molecule has 4 aromatic rings. The van der Waals surface area contributed by atoms with E-state index in [9.17, 15) is 18.0 Å². The van der Waals surface area contributed by atoms with Gasteiger partial charge >= 0.3 is 6.18 Å². The summed E-state index contributed by atoms with van der Waals surface area (Å²) in [6.45, 7) is 1.67. The SMILES string of the molecule is CO[C@@](C(=O)N1CCN(c2ccc(OC[C@H]3CO[C@](Cn4ccnc4)(c4ccc(Cl)cc4Cl)O3)cc2)CC1)(c1ccccc1)C(F)(F)F. The molecule has 48 heavy (non-hydrogen) atoms. The summed E-state index contributed by atoms with van der Waals surface area (Å²) < 4.78 is 68.8. The van der Waals surface area contributed by atoms with Crippen LogP contribution < -0.4 is 9.64 Å². The Bertz CT molecular complexity index is 1690. The van der Waals surface area contributed by atoms with Gasteiger partial charge in [-0.25, -0.2) is 4.98 Å². The van der Waals surface area contributed by atoms with Gasteiger partial charge in [-0.3, -0.25) is 4.79 Å². The highest BCUT2D eigenvalue weighted by molar-refractivity contribution is 6.35. The van der Waals surface area contributed by atoms with Crippen molar-refractivity contribution in [3.05, 3.63) is 113 Å². The molecule has 3 atom stereocenters. The molecule has 1 amide bonds. The zero-order chi connectivity index (χ0) is 33.9. The number of aromatic nitrogens is 2. The van der Waals surface area contributed by atoms with Crippen molar-refractivity contribution in [2.45, 2.75) is 30.2 Å². The van der Waals surface area contributed by atoms with E-state index >= 15 is 0 Å². The Labute approximate surface area is 285 Å². The molecular formula is C34H33Cl2F3N4O5. The Morgan fingerprint density at radius 2 is 1.75 bits per heavy atom. The average molecular weight is 706 g/mol. The second kappa shape index (κ2) is 14.0. The van der Waals surface area contributed by atoms with Gasteiger partial charge in [-0.15, -0.1) is 0 Å². The molecule has 0 radical (unpaired) electrons. The number of imidazole rings is 1. The first-order chi connectivity index (χ1) is 23.0. The molecule has 2 saturated heterocycles. The first-order valence-corrected chi connectivity index (χ1v) is 16.0. The smallest absolute Gasteiger partial charge is 0.430 e. The van der Waals surface area contributed by atoms with Crippen LogP contribution in [0.3, 0.4) is 0 Å². The van der Waals surface area contributed by atoms with Gasteiger partial charge in [0.2, 0.25) is 5.79 Å². The van der Waals surface area contributed by atoms with Gasteiger partial charge in [-0.1, -0.05) is 59.6 Å². The molecular weight excluding hydrogens is 672 g/mol. The lowest BCUT2D eigenvalue weighted by atomic mass is 9.90. The summed E-state index contributed by atoms with van der Waals surface area (Å²) in [5, 5.41) is 0.912. The molecule has 2 aliphatic heterocycles. The van der Waals surface area contributed by atoms with Crippen molar-refractivity contribution in [3.8, 4) is 5.75 Å². The molecule has 0 spiro atoms. The highest BCUT2D eigenvalue weighted by Crippen LogP contribution is 2.44. The van der Waals surface area contributed by atoms with E-state index in [4.69, 9.17) is 42.1 Å². The van der Waals surface area contributed by atoms with Gasteiger partial charge in [0.05, 0.1) is 24.5 Å². The van der Waals surface area contributed by atoms with Gasteiger partial charge in [0.25, 0.3) is 11.5 Å². The van der Waals surface area contributed by atoms with E-state index in [1.165, 1.54) is 29.2 Å². The molecule has 0 unspecified atom stereocenters. The van der Waals surface area contributed by atoms with Gasteiger partial charge < -0.3 is 33.3 Å². The number of hydrogen-bond donors (Lipinski definition) is 0. The number of amides is 1. The summed E-state index contributed by atoms with van der Waals surface area (Å²) in [5.41, 5.74) is -1.84. The summed E-state index contributed by atoms with van der Waals surface area (Å²) >= 11 is 12.7. The van der Waals surface area contributed by atoms with Crippen molar-refractivity contribution >= 4 is 34.8 Å². The van der Waals surface area contributed by atoms with Crippen LogP contribution in [0.1, 0.15) is 11.1 Å². The molecule has 0 aliphatic carbocycles. The summed E-state index contributed by atoms with van der Waals surface area (Å²) in [5.74, 6) is -1.70. The van der Waals surface area contributed by atoms with E-state index in [0.717, 1.165) is 12.8 Å². The largest absolute Gasteiger partial charge is 0.491 e. The fraction of sp³-hybridized carbons (Fsp3) is 0.353. The molecule has 1 aromatic heterocycles. The Balaban J connectivity index is 1.06. The Kier molecular flexibility index (Phi) is 9.91. The third-order valence-corrected chi connectivity index (χ3v) is 9.09. The number of piperazine rings is 1. The number of alkyl halides is 3. The van der Waals surface area contributed by atoms with Crippen LogP contribution in [0.15, 0.2) is 91.5 Å². The average Bonchev–Trinajstić information content (AvgIpc) is 3.75. The maximum atomic E-state index is 14.4. The molecule has 0 N–H and O–H groups in total. The molecule has 3 aromatic carbocycles. The number of nitrogens with zero attached hydrogens (tertiary/aromatic N) is 4. The molecule has 0 saturated carbocycles. The predicted octanol–water partition coefficient (Wildman–Crippen LogP) is 6.29. The lowest BCUT2D eigenvalue weighted by Gasteiger charge is -2.41. The van der Waals surface area contributed by atoms with Gasteiger partial charge in [-0.05, 0) is 36.4 Å². The van der Waals surface area contributed by atoms with E-state index in [1.807, 2.05) is 39.9 Å². The minimum atomic E-state index is -4.95. The molecule has 254 valence electrons. The highest BCUT2D eigenvalue weighted by Gasteiger charge is 2.63. The van der Waals surface area contributed by atoms with Gasteiger partial charge in [0.1, 0.15) is 18.5 Å². The topological polar surface area (TPSA) is 78.3 Å². The third kappa shape index (κ3) is 6.72. The molecule has 6 rings (SSSR count). The Hall–Kier alpha value is -3.81. The number of rotatable bonds is 10. The molecule has 9 nitrogen and oxygen atoms in total. The summed E-state index contributed by atoms with van der Waals surface area (Å²) in [6.07, 6.45) is -0.213. The Morgan fingerprint density at radius 1 is 1.02 bits per heavy atom. The van der Waals surface area contributed by atoms with Crippen LogP contribution in [-0.4, -0.2) is 79.1 Å². The number of halogens is 5. The van der Waals surface area contributed by atoms with E-state index < -0.39 is 29.6 Å². The molecule has 3 heterocycles. The van der Waals surface area contributed by atoms with Gasteiger partial charge in [0.15, 0.2) is 0 Å². The van der Waals surface area contributed by atoms with Crippen molar-refractivity contribution in [3.63, 3.8) is 0 Å². The number of carbonyl (C=O) groups excluding carboxylic acids is 1. The van der Waals surface area contributed by atoms with Gasteiger partial charge in [-0.2, -0.15) is 13.2 Å². The van der Waals surface area contributed by atoms with E-state index in [0.29, 0.717) is 41.0 Å². The molecule has 14 heteroatoms. The molecule has 2 aliphatic rings. The van der Waals surface area contributed by atoms with Crippen LogP contribution in [0.25, 0.3) is 0 Å². The number of hydrogen-bond acceptors (Lipinski definition) is 7.